The van der Waals surface area contributed by atoms with Gasteiger partial charge in [-0.1, -0.05) is 24.6 Å². The summed E-state index contributed by atoms with van der Waals surface area (Å²) in [6.07, 6.45) is 3.72. The van der Waals surface area contributed by atoms with Crippen LogP contribution in [0.1, 0.15) is 41.6 Å². The van der Waals surface area contributed by atoms with Crippen molar-refractivity contribution in [3.63, 3.8) is 0 Å². The summed E-state index contributed by atoms with van der Waals surface area (Å²) in [4.78, 5) is 13.8. The number of benzene rings is 1. The highest BCUT2D eigenvalue weighted by Gasteiger charge is 2.48. The fourth-order valence-corrected chi connectivity index (χ4v) is 2.85. The number of rotatable bonds is 0. The van der Waals surface area contributed by atoms with E-state index in [0.717, 1.165) is 24.8 Å². The van der Waals surface area contributed by atoms with Crippen molar-refractivity contribution in [1.82, 2.24) is 4.90 Å². The molecule has 0 saturated carbocycles. The second-order valence-electron chi connectivity index (χ2n) is 4.63. The highest BCUT2D eigenvalue weighted by atomic mass is 16.3. The van der Waals surface area contributed by atoms with Crippen LogP contribution in [-0.2, 0) is 5.72 Å². The van der Waals surface area contributed by atoms with Gasteiger partial charge in [-0.3, -0.25) is 4.79 Å². The zero-order valence-electron chi connectivity index (χ0n) is 9.15. The van der Waals surface area contributed by atoms with E-state index in [1.807, 2.05) is 24.3 Å². The van der Waals surface area contributed by atoms with Crippen molar-refractivity contribution in [3.8, 4) is 0 Å². The van der Waals surface area contributed by atoms with Gasteiger partial charge < -0.3 is 10.0 Å². The van der Waals surface area contributed by atoms with Gasteiger partial charge in [0.15, 0.2) is 5.72 Å². The lowest BCUT2D eigenvalue weighted by Gasteiger charge is -2.32. The van der Waals surface area contributed by atoms with Gasteiger partial charge in [0, 0.05) is 17.7 Å². The SMILES string of the molecule is O=C1c2ccccc2C2(O)CCCCCN12. The van der Waals surface area contributed by atoms with Gasteiger partial charge in [0.1, 0.15) is 0 Å². The van der Waals surface area contributed by atoms with Gasteiger partial charge in [0.2, 0.25) is 0 Å². The van der Waals surface area contributed by atoms with Crippen molar-refractivity contribution in [2.24, 2.45) is 0 Å². The zero-order chi connectivity index (χ0) is 11.2. The summed E-state index contributed by atoms with van der Waals surface area (Å²) in [5.41, 5.74) is 0.429. The lowest BCUT2D eigenvalue weighted by molar-refractivity contribution is -0.0849. The van der Waals surface area contributed by atoms with E-state index in [1.165, 1.54) is 0 Å². The third-order valence-electron chi connectivity index (χ3n) is 3.69. The van der Waals surface area contributed by atoms with E-state index >= 15 is 0 Å². The van der Waals surface area contributed by atoms with Crippen molar-refractivity contribution < 1.29 is 9.90 Å². The highest BCUT2D eigenvalue weighted by molar-refractivity contribution is 5.99. The van der Waals surface area contributed by atoms with Crippen LogP contribution in [-0.4, -0.2) is 22.5 Å². The number of carbonyl (C=O) groups is 1. The minimum absolute atomic E-state index is 0.0139. The predicted octanol–water partition coefficient (Wildman–Crippen LogP) is 1.86. The van der Waals surface area contributed by atoms with E-state index in [4.69, 9.17) is 0 Å². The Balaban J connectivity index is 2.16. The Morgan fingerprint density at radius 2 is 2.00 bits per heavy atom. The Hall–Kier alpha value is -1.35. The monoisotopic (exact) mass is 217 g/mol. The molecule has 0 radical (unpaired) electrons. The van der Waals surface area contributed by atoms with Crippen LogP contribution >= 0.6 is 0 Å². The molecule has 0 bridgehead atoms. The second kappa shape index (κ2) is 3.32. The lowest BCUT2D eigenvalue weighted by atomic mass is 9.97. The molecule has 0 spiro atoms. The quantitative estimate of drug-likeness (QED) is 0.720. The second-order valence-corrected chi connectivity index (χ2v) is 4.63. The van der Waals surface area contributed by atoms with Gasteiger partial charge >= 0.3 is 0 Å². The third-order valence-corrected chi connectivity index (χ3v) is 3.69. The maximum absolute atomic E-state index is 12.2. The summed E-state index contributed by atoms with van der Waals surface area (Å²) in [6, 6.07) is 7.42. The van der Waals surface area contributed by atoms with Gasteiger partial charge in [-0.2, -0.15) is 0 Å². The molecule has 1 unspecified atom stereocenters. The van der Waals surface area contributed by atoms with E-state index in [1.54, 1.807) is 4.90 Å². The molecule has 3 heteroatoms. The average molecular weight is 217 g/mol. The summed E-state index contributed by atoms with van der Waals surface area (Å²) in [5.74, 6) is -0.0139. The Bertz CT molecular complexity index is 443. The molecule has 1 N–H and O–H groups in total. The van der Waals surface area contributed by atoms with Gasteiger partial charge in [-0.05, 0) is 25.3 Å². The van der Waals surface area contributed by atoms with Crippen molar-refractivity contribution in [2.45, 2.75) is 31.4 Å². The van der Waals surface area contributed by atoms with Crippen LogP contribution in [0.2, 0.25) is 0 Å². The normalized spacial score (nSPS) is 28.6. The van der Waals surface area contributed by atoms with Crippen molar-refractivity contribution >= 4 is 5.91 Å². The van der Waals surface area contributed by atoms with Gasteiger partial charge in [0.25, 0.3) is 5.91 Å². The summed E-state index contributed by atoms with van der Waals surface area (Å²) in [6.45, 7) is 0.671. The summed E-state index contributed by atoms with van der Waals surface area (Å²) in [5, 5.41) is 10.7. The van der Waals surface area contributed by atoms with E-state index in [0.29, 0.717) is 18.5 Å². The highest BCUT2D eigenvalue weighted by Crippen LogP contribution is 2.42. The molecule has 1 aromatic carbocycles. The molecular formula is C13H15NO2. The molecule has 3 rings (SSSR count). The fourth-order valence-electron chi connectivity index (χ4n) is 2.85. The lowest BCUT2D eigenvalue weighted by Crippen LogP contribution is -2.43. The van der Waals surface area contributed by atoms with Crippen LogP contribution in [0.25, 0.3) is 0 Å². The molecule has 0 aliphatic carbocycles. The van der Waals surface area contributed by atoms with Gasteiger partial charge in [-0.15, -0.1) is 0 Å². The fraction of sp³-hybridized carbons (Fsp3) is 0.462. The minimum Gasteiger partial charge on any atom is -0.367 e. The summed E-state index contributed by atoms with van der Waals surface area (Å²) >= 11 is 0. The number of carbonyl (C=O) groups excluding carboxylic acids is 1. The molecule has 3 nitrogen and oxygen atoms in total. The van der Waals surface area contributed by atoms with E-state index in [9.17, 15) is 9.90 Å². The maximum Gasteiger partial charge on any atom is 0.256 e. The van der Waals surface area contributed by atoms with E-state index in [-0.39, 0.29) is 5.91 Å². The molecule has 16 heavy (non-hydrogen) atoms. The third kappa shape index (κ3) is 1.15. The summed E-state index contributed by atoms with van der Waals surface area (Å²) in [7, 11) is 0. The standard InChI is InChI=1S/C13H15NO2/c15-12-10-6-2-3-7-11(10)13(16)8-4-1-5-9-14(12)13/h2-3,6-7,16H,1,4-5,8-9H2. The van der Waals surface area contributed by atoms with Crippen LogP contribution in [0.5, 0.6) is 0 Å². The molecular weight excluding hydrogens is 202 g/mol. The molecule has 1 saturated heterocycles. The topological polar surface area (TPSA) is 40.5 Å². The van der Waals surface area contributed by atoms with Crippen LogP contribution in [0.4, 0.5) is 0 Å². The molecule has 1 aromatic rings. The van der Waals surface area contributed by atoms with Crippen LogP contribution in [0.15, 0.2) is 24.3 Å². The first-order valence-electron chi connectivity index (χ1n) is 5.87. The van der Waals surface area contributed by atoms with E-state index in [2.05, 4.69) is 0 Å². The van der Waals surface area contributed by atoms with Crippen molar-refractivity contribution in [2.75, 3.05) is 6.54 Å². The molecule has 1 fully saturated rings. The summed E-state index contributed by atoms with van der Waals surface area (Å²) < 4.78 is 0. The Kier molecular flexibility index (Phi) is 2.04. The molecule has 2 heterocycles. The molecule has 2 aliphatic heterocycles. The predicted molar refractivity (Wildman–Crippen MR) is 59.8 cm³/mol. The number of hydrogen-bond acceptors (Lipinski definition) is 2. The molecule has 1 atom stereocenters. The molecule has 84 valence electrons. The first-order valence-corrected chi connectivity index (χ1v) is 5.87. The number of aliphatic hydroxyl groups is 1. The van der Waals surface area contributed by atoms with Gasteiger partial charge in [-0.25, -0.2) is 0 Å². The number of fused-ring (bicyclic) bond motifs is 3. The number of nitrogens with zero attached hydrogens (tertiary/aromatic N) is 1. The van der Waals surface area contributed by atoms with Gasteiger partial charge in [0.05, 0.1) is 0 Å². The molecule has 2 aliphatic rings. The van der Waals surface area contributed by atoms with Crippen LogP contribution < -0.4 is 0 Å². The Labute approximate surface area is 94.7 Å². The van der Waals surface area contributed by atoms with E-state index < -0.39 is 5.72 Å². The molecule has 0 aromatic heterocycles. The van der Waals surface area contributed by atoms with Crippen LogP contribution in [0.3, 0.4) is 0 Å². The first-order chi connectivity index (χ1) is 7.73. The minimum atomic E-state index is -1.04. The molecule has 1 amide bonds. The zero-order valence-corrected chi connectivity index (χ0v) is 9.15. The number of hydrogen-bond donors (Lipinski definition) is 1. The van der Waals surface area contributed by atoms with Crippen LogP contribution in [0, 0.1) is 0 Å². The van der Waals surface area contributed by atoms with Crippen molar-refractivity contribution in [3.05, 3.63) is 35.4 Å². The Morgan fingerprint density at radius 3 is 2.88 bits per heavy atom. The maximum atomic E-state index is 12.2. The first kappa shape index (κ1) is 9.85. The smallest absolute Gasteiger partial charge is 0.256 e. The Morgan fingerprint density at radius 1 is 1.19 bits per heavy atom. The number of amides is 1. The largest absolute Gasteiger partial charge is 0.367 e. The average Bonchev–Trinajstić information content (AvgIpc) is 2.46. The van der Waals surface area contributed by atoms with Crippen molar-refractivity contribution in [1.29, 1.82) is 0 Å².